The predicted octanol–water partition coefficient (Wildman–Crippen LogP) is 1.88. The number of fused-ring (bicyclic) bond motifs is 1. The molecule has 0 aromatic heterocycles. The molecule has 0 fully saturated rings. The van der Waals surface area contributed by atoms with E-state index >= 15 is 0 Å². The molecule has 1 aliphatic heterocycles. The van der Waals surface area contributed by atoms with E-state index in [0.29, 0.717) is 5.56 Å². The smallest absolute Gasteiger partial charge is 0.220 e. The van der Waals surface area contributed by atoms with Gasteiger partial charge in [-0.1, -0.05) is 17.8 Å². The van der Waals surface area contributed by atoms with Gasteiger partial charge in [0.1, 0.15) is 5.75 Å². The van der Waals surface area contributed by atoms with Crippen LogP contribution >= 0.6 is 11.8 Å². The van der Waals surface area contributed by atoms with Gasteiger partial charge in [-0.3, -0.25) is 4.79 Å². The number of phenolic OH excluding ortho intramolecular Hbond substituents is 1. The summed E-state index contributed by atoms with van der Waals surface area (Å²) in [5, 5.41) is 9.57. The van der Waals surface area contributed by atoms with Crippen LogP contribution in [0.2, 0.25) is 0 Å². The molecule has 80 valence electrons. The average Bonchev–Trinajstić information content (AvgIpc) is 2.42. The highest BCUT2D eigenvalue weighted by molar-refractivity contribution is 8.14. The third-order valence-electron chi connectivity index (χ3n) is 2.38. The minimum absolute atomic E-state index is 0.0627. The maximum Gasteiger partial charge on any atom is 0.220 e. The number of hydrogen-bond acceptors (Lipinski definition) is 4. The second-order valence-corrected chi connectivity index (χ2v) is 5.10. The van der Waals surface area contributed by atoms with E-state index in [0.717, 1.165) is 12.1 Å². The van der Waals surface area contributed by atoms with Crippen LogP contribution in [0.15, 0.2) is 18.2 Å². The van der Waals surface area contributed by atoms with E-state index in [9.17, 15) is 9.90 Å². The van der Waals surface area contributed by atoms with Crippen LogP contribution in [0.4, 0.5) is 0 Å². The van der Waals surface area contributed by atoms with Crippen molar-refractivity contribution in [3.05, 3.63) is 29.3 Å². The highest BCUT2D eigenvalue weighted by Gasteiger charge is 2.30. The Morgan fingerprint density at radius 3 is 2.87 bits per heavy atom. The van der Waals surface area contributed by atoms with Crippen LogP contribution in [-0.4, -0.2) is 35.8 Å². The monoisotopic (exact) mass is 223 g/mol. The van der Waals surface area contributed by atoms with Crippen molar-refractivity contribution >= 4 is 16.9 Å². The maximum atomic E-state index is 11.6. The number of carbonyl (C=O) groups is 1. The summed E-state index contributed by atoms with van der Waals surface area (Å²) in [6.07, 6.45) is 0. The first kappa shape index (κ1) is 10.5. The molecule has 4 heteroatoms. The second-order valence-electron chi connectivity index (χ2n) is 3.93. The molecular weight excluding hydrogens is 210 g/mol. The van der Waals surface area contributed by atoms with Gasteiger partial charge in [0.05, 0.1) is 5.25 Å². The molecule has 1 aliphatic rings. The first-order valence-electron chi connectivity index (χ1n) is 4.76. The van der Waals surface area contributed by atoms with Gasteiger partial charge in [-0.15, -0.1) is 0 Å². The molecule has 1 aromatic rings. The third-order valence-corrected chi connectivity index (χ3v) is 3.51. The summed E-state index contributed by atoms with van der Waals surface area (Å²) >= 11 is 1.34. The molecule has 1 heterocycles. The zero-order valence-electron chi connectivity index (χ0n) is 8.73. The fraction of sp³-hybridized carbons (Fsp3) is 0.364. The molecule has 1 N–H and O–H groups in total. The largest absolute Gasteiger partial charge is 0.508 e. The van der Waals surface area contributed by atoms with Gasteiger partial charge in [-0.05, 0) is 31.8 Å². The Balaban J connectivity index is 2.34. The number of benzene rings is 1. The molecule has 0 saturated carbocycles. The van der Waals surface area contributed by atoms with Crippen molar-refractivity contribution in [1.29, 1.82) is 0 Å². The number of nitrogens with zero attached hydrogens (tertiary/aromatic N) is 1. The van der Waals surface area contributed by atoms with Crippen molar-refractivity contribution in [3.63, 3.8) is 0 Å². The fourth-order valence-electron chi connectivity index (χ4n) is 1.73. The van der Waals surface area contributed by atoms with E-state index in [4.69, 9.17) is 0 Å². The van der Waals surface area contributed by atoms with Crippen LogP contribution in [0.25, 0.3) is 0 Å². The number of aromatic hydroxyl groups is 1. The van der Waals surface area contributed by atoms with E-state index in [2.05, 4.69) is 4.90 Å². The van der Waals surface area contributed by atoms with Gasteiger partial charge in [-0.25, -0.2) is 0 Å². The molecule has 1 atom stereocenters. The first-order valence-corrected chi connectivity index (χ1v) is 5.64. The molecule has 0 radical (unpaired) electrons. The SMILES string of the molecule is CN(C)C[C@H]1SC(=O)c2cc(O)ccc21. The van der Waals surface area contributed by atoms with Crippen LogP contribution in [0.5, 0.6) is 5.75 Å². The Hall–Kier alpha value is -1.00. The lowest BCUT2D eigenvalue weighted by molar-refractivity contribution is 0.109. The van der Waals surface area contributed by atoms with E-state index in [1.807, 2.05) is 20.2 Å². The Morgan fingerprint density at radius 2 is 2.20 bits per heavy atom. The predicted molar refractivity (Wildman–Crippen MR) is 61.3 cm³/mol. The molecular formula is C11H13NO2S. The van der Waals surface area contributed by atoms with Gasteiger partial charge in [0, 0.05) is 12.1 Å². The summed E-state index contributed by atoms with van der Waals surface area (Å²) in [7, 11) is 3.98. The summed E-state index contributed by atoms with van der Waals surface area (Å²) in [6, 6.07) is 5.04. The van der Waals surface area contributed by atoms with Crippen molar-refractivity contribution in [2.45, 2.75) is 5.25 Å². The Kier molecular flexibility index (Phi) is 2.71. The Labute approximate surface area is 93.1 Å². The van der Waals surface area contributed by atoms with Crippen LogP contribution in [-0.2, 0) is 0 Å². The van der Waals surface area contributed by atoms with Gasteiger partial charge in [0.25, 0.3) is 0 Å². The lowest BCUT2D eigenvalue weighted by atomic mass is 10.1. The van der Waals surface area contributed by atoms with Gasteiger partial charge in [0.15, 0.2) is 0 Å². The number of thioether (sulfide) groups is 1. The lowest BCUT2D eigenvalue weighted by Gasteiger charge is -2.15. The van der Waals surface area contributed by atoms with Crippen molar-refractivity contribution in [2.75, 3.05) is 20.6 Å². The Bertz CT molecular complexity index is 404. The molecule has 0 unspecified atom stereocenters. The van der Waals surface area contributed by atoms with E-state index in [-0.39, 0.29) is 16.1 Å². The highest BCUT2D eigenvalue weighted by Crippen LogP contribution is 2.42. The quantitative estimate of drug-likeness (QED) is 0.831. The number of phenols is 1. The summed E-state index contributed by atoms with van der Waals surface area (Å²) in [5.74, 6) is 0.160. The van der Waals surface area contributed by atoms with E-state index in [1.54, 1.807) is 12.1 Å². The van der Waals surface area contributed by atoms with Crippen LogP contribution in [0.1, 0.15) is 21.2 Å². The van der Waals surface area contributed by atoms with Gasteiger partial charge in [-0.2, -0.15) is 0 Å². The maximum absolute atomic E-state index is 11.6. The van der Waals surface area contributed by atoms with Crippen molar-refractivity contribution < 1.29 is 9.90 Å². The van der Waals surface area contributed by atoms with Gasteiger partial charge in [0.2, 0.25) is 5.12 Å². The second kappa shape index (κ2) is 3.87. The molecule has 0 aliphatic carbocycles. The summed E-state index contributed by atoms with van der Waals surface area (Å²) in [5.41, 5.74) is 1.70. The summed E-state index contributed by atoms with van der Waals surface area (Å²) < 4.78 is 0. The van der Waals surface area contributed by atoms with Crippen molar-refractivity contribution in [2.24, 2.45) is 0 Å². The van der Waals surface area contributed by atoms with Crippen molar-refractivity contribution in [3.8, 4) is 5.75 Å². The number of hydrogen-bond donors (Lipinski definition) is 1. The zero-order valence-corrected chi connectivity index (χ0v) is 9.54. The zero-order chi connectivity index (χ0) is 11.0. The minimum atomic E-state index is 0.0627. The normalized spacial score (nSPS) is 19.7. The lowest BCUT2D eigenvalue weighted by Crippen LogP contribution is -2.17. The number of carbonyl (C=O) groups excluding carboxylic acids is 1. The topological polar surface area (TPSA) is 40.5 Å². The molecule has 0 amide bonds. The van der Waals surface area contributed by atoms with Crippen LogP contribution in [0.3, 0.4) is 0 Å². The molecule has 1 aromatic carbocycles. The van der Waals surface area contributed by atoms with Gasteiger partial charge < -0.3 is 10.0 Å². The molecule has 3 nitrogen and oxygen atoms in total. The highest BCUT2D eigenvalue weighted by atomic mass is 32.2. The van der Waals surface area contributed by atoms with Crippen LogP contribution < -0.4 is 0 Å². The summed E-state index contributed by atoms with van der Waals surface area (Å²) in [6.45, 7) is 0.841. The molecule has 0 spiro atoms. The standard InChI is InChI=1S/C11H13NO2S/c1-12(2)6-10-8-4-3-7(13)5-9(8)11(14)15-10/h3-5,10,13H,6H2,1-2H3/t10-/m1/s1. The molecule has 15 heavy (non-hydrogen) atoms. The number of rotatable bonds is 2. The Morgan fingerprint density at radius 1 is 1.47 bits per heavy atom. The van der Waals surface area contributed by atoms with Gasteiger partial charge >= 0.3 is 0 Å². The van der Waals surface area contributed by atoms with E-state index < -0.39 is 0 Å². The average molecular weight is 223 g/mol. The minimum Gasteiger partial charge on any atom is -0.508 e. The molecule has 0 bridgehead atoms. The number of likely N-dealkylation sites (N-methyl/N-ethyl adjacent to an activating group) is 1. The fourth-order valence-corrected chi connectivity index (χ4v) is 2.99. The first-order chi connectivity index (χ1) is 7.08. The summed E-state index contributed by atoms with van der Waals surface area (Å²) in [4.78, 5) is 13.7. The van der Waals surface area contributed by atoms with E-state index in [1.165, 1.54) is 11.8 Å². The molecule has 2 rings (SSSR count). The van der Waals surface area contributed by atoms with Crippen molar-refractivity contribution in [1.82, 2.24) is 4.90 Å². The van der Waals surface area contributed by atoms with Crippen LogP contribution in [0, 0.1) is 0 Å². The third kappa shape index (κ3) is 2.01. The molecule has 0 saturated heterocycles.